The second kappa shape index (κ2) is 6.04. The highest BCUT2D eigenvalue weighted by atomic mass is 16.5. The molecule has 1 saturated heterocycles. The van der Waals surface area contributed by atoms with Gasteiger partial charge in [-0.05, 0) is 6.92 Å². The third kappa shape index (κ3) is 2.59. The quantitative estimate of drug-likeness (QED) is 0.680. The van der Waals surface area contributed by atoms with Crippen molar-refractivity contribution in [2.24, 2.45) is 0 Å². The number of hydrogen-bond donors (Lipinski definition) is 1. The normalized spacial score (nSPS) is 27.2. The molecule has 0 bridgehead atoms. The first-order chi connectivity index (χ1) is 11.1. The molecule has 1 fully saturated rings. The molecule has 1 N–H and O–H groups in total. The van der Waals surface area contributed by atoms with Crippen LogP contribution in [0.15, 0.2) is 41.8 Å². The van der Waals surface area contributed by atoms with Crippen LogP contribution in [0.5, 0.6) is 0 Å². The number of benzene rings is 1. The largest absolute Gasteiger partial charge is 0.506 e. The third-order valence-electron chi connectivity index (χ3n) is 4.53. The van der Waals surface area contributed by atoms with Gasteiger partial charge in [0.15, 0.2) is 18.3 Å². The Bertz CT molecular complexity index is 654. The van der Waals surface area contributed by atoms with Crippen molar-refractivity contribution >= 4 is 11.9 Å². The number of carbonyl (C=O) groups is 2. The van der Waals surface area contributed by atoms with Gasteiger partial charge in [-0.2, -0.15) is 0 Å². The summed E-state index contributed by atoms with van der Waals surface area (Å²) in [5.74, 6) is -0.911. The van der Waals surface area contributed by atoms with Crippen LogP contribution in [-0.2, 0) is 19.1 Å². The summed E-state index contributed by atoms with van der Waals surface area (Å²) in [4.78, 5) is 24.3. The Hall–Kier alpha value is -2.34. The van der Waals surface area contributed by atoms with Crippen LogP contribution in [0.1, 0.15) is 24.9 Å². The van der Waals surface area contributed by atoms with Crippen LogP contribution in [0, 0.1) is 0 Å². The van der Waals surface area contributed by atoms with Gasteiger partial charge in [0.05, 0.1) is 19.6 Å². The molecule has 1 spiro atoms. The molecule has 0 saturated carbocycles. The predicted molar refractivity (Wildman–Crippen MR) is 81.0 cm³/mol. The van der Waals surface area contributed by atoms with Crippen LogP contribution in [0.4, 0.5) is 0 Å². The average Bonchev–Trinajstić information content (AvgIpc) is 2.85. The van der Waals surface area contributed by atoms with Crippen molar-refractivity contribution in [2.45, 2.75) is 19.4 Å². The van der Waals surface area contributed by atoms with Crippen LogP contribution in [-0.4, -0.2) is 47.8 Å². The van der Waals surface area contributed by atoms with E-state index in [9.17, 15) is 14.7 Å². The Morgan fingerprint density at radius 2 is 2.13 bits per heavy atom. The minimum absolute atomic E-state index is 0.0130. The van der Waals surface area contributed by atoms with Gasteiger partial charge in [0.1, 0.15) is 6.61 Å². The molecule has 122 valence electrons. The lowest BCUT2D eigenvalue weighted by Crippen LogP contribution is -2.57. The van der Waals surface area contributed by atoms with E-state index in [0.29, 0.717) is 13.0 Å². The average molecular weight is 318 g/mol. The zero-order valence-corrected chi connectivity index (χ0v) is 13.0. The van der Waals surface area contributed by atoms with Gasteiger partial charge < -0.3 is 14.6 Å². The molecule has 1 aromatic carbocycles. The van der Waals surface area contributed by atoms with Crippen molar-refractivity contribution in [2.75, 3.05) is 26.3 Å². The highest BCUT2D eigenvalue weighted by Gasteiger charge is 2.55. The summed E-state index contributed by atoms with van der Waals surface area (Å²) < 4.78 is 10.4. The van der Waals surface area contributed by atoms with E-state index in [-0.39, 0.29) is 47.7 Å². The van der Waals surface area contributed by atoms with Gasteiger partial charge in [0.25, 0.3) is 5.70 Å². The number of esters is 2. The number of morpholine rings is 1. The monoisotopic (exact) mass is 318 g/mol. The molecular formula is C17H20NO5+. The lowest BCUT2D eigenvalue weighted by molar-refractivity contribution is -0.912. The summed E-state index contributed by atoms with van der Waals surface area (Å²) in [6.07, 6.45) is 0.352. The van der Waals surface area contributed by atoms with Gasteiger partial charge in [-0.15, -0.1) is 0 Å². The minimum Gasteiger partial charge on any atom is -0.506 e. The molecule has 1 aromatic rings. The van der Waals surface area contributed by atoms with Crippen molar-refractivity contribution in [3.63, 3.8) is 0 Å². The number of cyclic esters (lactones) is 1. The minimum atomic E-state index is -0.557. The lowest BCUT2D eigenvalue weighted by atomic mass is 10.0. The number of quaternary nitrogens is 1. The topological polar surface area (TPSA) is 72.8 Å². The smallest absolute Gasteiger partial charge is 0.396 e. The second-order valence-electron chi connectivity index (χ2n) is 5.79. The summed E-state index contributed by atoms with van der Waals surface area (Å²) in [7, 11) is 0. The predicted octanol–water partition coefficient (Wildman–Crippen LogP) is 1.84. The second-order valence-corrected chi connectivity index (χ2v) is 5.79. The molecule has 23 heavy (non-hydrogen) atoms. The standard InChI is InChI=1S/C17H19NO5/c1-2-22-17(21)16-14(19)8-9-18(16)10-15(20)23-11-13(18)12-6-4-3-5-7-12/h3-7,13H,2,8-11H2,1H3/p+1/t13-,18+/m0/s1. The van der Waals surface area contributed by atoms with Gasteiger partial charge in [0, 0.05) is 5.56 Å². The van der Waals surface area contributed by atoms with E-state index in [2.05, 4.69) is 0 Å². The molecule has 0 unspecified atom stereocenters. The zero-order chi connectivity index (χ0) is 16.4. The Kier molecular flexibility index (Phi) is 4.09. The van der Waals surface area contributed by atoms with E-state index in [4.69, 9.17) is 9.47 Å². The maximum atomic E-state index is 12.4. The van der Waals surface area contributed by atoms with Crippen LogP contribution >= 0.6 is 0 Å². The van der Waals surface area contributed by atoms with E-state index < -0.39 is 5.97 Å². The Morgan fingerprint density at radius 3 is 2.83 bits per heavy atom. The SMILES string of the molecule is CCOC(=O)C1=C(O)CC[N@+]12CC(=O)OC[C@H]2c1ccccc1. The van der Waals surface area contributed by atoms with Crippen molar-refractivity contribution in [1.82, 2.24) is 0 Å². The van der Waals surface area contributed by atoms with Crippen LogP contribution in [0.25, 0.3) is 0 Å². The first-order valence-electron chi connectivity index (χ1n) is 7.75. The highest BCUT2D eigenvalue weighted by Crippen LogP contribution is 2.43. The Labute approximate surface area is 134 Å². The van der Waals surface area contributed by atoms with E-state index in [1.807, 2.05) is 30.3 Å². The van der Waals surface area contributed by atoms with Gasteiger partial charge in [-0.1, -0.05) is 30.3 Å². The van der Waals surface area contributed by atoms with E-state index in [1.165, 1.54) is 0 Å². The summed E-state index contributed by atoms with van der Waals surface area (Å²) in [6, 6.07) is 9.39. The fourth-order valence-corrected chi connectivity index (χ4v) is 3.52. The van der Waals surface area contributed by atoms with Crippen LogP contribution in [0.2, 0.25) is 0 Å². The maximum absolute atomic E-state index is 12.4. The van der Waals surface area contributed by atoms with Gasteiger partial charge in [-0.3, -0.25) is 4.48 Å². The first-order valence-corrected chi connectivity index (χ1v) is 7.75. The third-order valence-corrected chi connectivity index (χ3v) is 4.53. The molecule has 3 rings (SSSR count). The van der Waals surface area contributed by atoms with E-state index in [0.717, 1.165) is 5.56 Å². The van der Waals surface area contributed by atoms with Crippen molar-refractivity contribution in [3.05, 3.63) is 47.4 Å². The lowest BCUT2D eigenvalue weighted by Gasteiger charge is -2.43. The highest BCUT2D eigenvalue weighted by molar-refractivity contribution is 5.87. The zero-order valence-electron chi connectivity index (χ0n) is 13.0. The molecule has 2 aliphatic rings. The molecule has 6 heteroatoms. The molecular weight excluding hydrogens is 298 g/mol. The van der Waals surface area contributed by atoms with Gasteiger partial charge >= 0.3 is 11.9 Å². The molecule has 0 aromatic heterocycles. The van der Waals surface area contributed by atoms with Crippen LogP contribution in [0.3, 0.4) is 0 Å². The Morgan fingerprint density at radius 1 is 1.39 bits per heavy atom. The summed E-state index contributed by atoms with van der Waals surface area (Å²) in [6.45, 7) is 2.62. The van der Waals surface area contributed by atoms with Crippen molar-refractivity contribution in [3.8, 4) is 0 Å². The molecule has 0 radical (unpaired) electrons. The maximum Gasteiger partial charge on any atom is 0.396 e. The Balaban J connectivity index is 2.07. The summed E-state index contributed by atoms with van der Waals surface area (Å²) >= 11 is 0. The fraction of sp³-hybridized carbons (Fsp3) is 0.412. The van der Waals surface area contributed by atoms with E-state index >= 15 is 0 Å². The fourth-order valence-electron chi connectivity index (χ4n) is 3.52. The molecule has 6 nitrogen and oxygen atoms in total. The van der Waals surface area contributed by atoms with Crippen molar-refractivity contribution in [1.29, 1.82) is 0 Å². The molecule has 2 atom stereocenters. The van der Waals surface area contributed by atoms with Gasteiger partial charge in [-0.25, -0.2) is 9.59 Å². The van der Waals surface area contributed by atoms with E-state index in [1.54, 1.807) is 6.92 Å². The summed E-state index contributed by atoms with van der Waals surface area (Å²) in [5.41, 5.74) is 1.16. The number of nitrogens with zero attached hydrogens (tertiary/aromatic N) is 1. The van der Waals surface area contributed by atoms with Crippen LogP contribution < -0.4 is 0 Å². The number of aliphatic hydroxyl groups excluding tert-OH is 1. The number of hydrogen-bond acceptors (Lipinski definition) is 5. The number of aliphatic hydroxyl groups is 1. The molecule has 2 heterocycles. The number of ether oxygens (including phenoxy) is 2. The molecule has 0 amide bonds. The summed E-state index contributed by atoms with van der Waals surface area (Å²) in [5, 5.41) is 10.3. The number of carbonyl (C=O) groups excluding carboxylic acids is 2. The van der Waals surface area contributed by atoms with Gasteiger partial charge in [0.2, 0.25) is 0 Å². The van der Waals surface area contributed by atoms with Crippen molar-refractivity contribution < 1.29 is 28.7 Å². The number of rotatable bonds is 3. The first kappa shape index (κ1) is 15.6. The molecule has 0 aliphatic carbocycles. The molecule has 2 aliphatic heterocycles.